The van der Waals surface area contributed by atoms with E-state index in [1.165, 1.54) is 7.11 Å². The molecule has 0 aliphatic carbocycles. The van der Waals surface area contributed by atoms with Gasteiger partial charge in [0.25, 0.3) is 0 Å². The minimum absolute atomic E-state index is 0.307. The minimum atomic E-state index is -0.428. The highest BCUT2D eigenvalue weighted by atomic mass is 16.5. The molecule has 1 atom stereocenters. The van der Waals surface area contributed by atoms with Crippen molar-refractivity contribution in [3.8, 4) is 0 Å². The molecule has 1 aromatic heterocycles. The van der Waals surface area contributed by atoms with Gasteiger partial charge in [0.2, 0.25) is 0 Å². The van der Waals surface area contributed by atoms with Gasteiger partial charge in [-0.05, 0) is 20.0 Å². The highest BCUT2D eigenvalue weighted by Crippen LogP contribution is 2.27. The molecule has 6 heteroatoms. The van der Waals surface area contributed by atoms with Gasteiger partial charge in [-0.2, -0.15) is 0 Å². The first-order chi connectivity index (χ1) is 9.04. The number of rotatable bonds is 2. The molecule has 0 bridgehead atoms. The Balaban J connectivity index is 2.32. The summed E-state index contributed by atoms with van der Waals surface area (Å²) in [5, 5.41) is 0. The van der Waals surface area contributed by atoms with E-state index in [0.717, 1.165) is 19.6 Å². The first-order valence-corrected chi connectivity index (χ1v) is 6.32. The highest BCUT2D eigenvalue weighted by Gasteiger charge is 2.26. The number of piperazine rings is 1. The van der Waals surface area contributed by atoms with Crippen molar-refractivity contribution in [2.75, 3.05) is 44.4 Å². The third-order valence-corrected chi connectivity index (χ3v) is 3.48. The fourth-order valence-corrected chi connectivity index (χ4v) is 2.43. The van der Waals surface area contributed by atoms with Crippen molar-refractivity contribution in [3.05, 3.63) is 17.8 Å². The summed E-state index contributed by atoms with van der Waals surface area (Å²) < 4.78 is 4.73. The van der Waals surface area contributed by atoms with Gasteiger partial charge in [-0.15, -0.1) is 0 Å². The zero-order valence-corrected chi connectivity index (χ0v) is 11.6. The topological polar surface area (TPSA) is 71.7 Å². The van der Waals surface area contributed by atoms with Gasteiger partial charge in [0.15, 0.2) is 5.82 Å². The number of ether oxygens (including phenoxy) is 1. The van der Waals surface area contributed by atoms with Crippen LogP contribution in [0.25, 0.3) is 0 Å². The molecule has 0 amide bonds. The van der Waals surface area contributed by atoms with E-state index in [4.69, 9.17) is 10.5 Å². The number of pyridine rings is 1. The van der Waals surface area contributed by atoms with Crippen LogP contribution in [0, 0.1) is 0 Å². The van der Waals surface area contributed by atoms with Crippen LogP contribution >= 0.6 is 0 Å². The first-order valence-electron chi connectivity index (χ1n) is 6.32. The van der Waals surface area contributed by atoms with Crippen molar-refractivity contribution in [1.82, 2.24) is 9.88 Å². The number of hydrogen-bond donors (Lipinski definition) is 1. The molecule has 0 aromatic carbocycles. The molecule has 0 radical (unpaired) electrons. The molecule has 1 aliphatic heterocycles. The van der Waals surface area contributed by atoms with Gasteiger partial charge in [0.05, 0.1) is 18.4 Å². The smallest absolute Gasteiger partial charge is 0.340 e. The van der Waals surface area contributed by atoms with Crippen LogP contribution in [0.3, 0.4) is 0 Å². The van der Waals surface area contributed by atoms with E-state index in [-0.39, 0.29) is 0 Å². The Hall–Kier alpha value is -1.82. The summed E-state index contributed by atoms with van der Waals surface area (Å²) in [4.78, 5) is 20.4. The fourth-order valence-electron chi connectivity index (χ4n) is 2.43. The number of likely N-dealkylation sites (N-methyl/N-ethyl adjacent to an activating group) is 1. The van der Waals surface area contributed by atoms with Crippen molar-refractivity contribution in [2.24, 2.45) is 0 Å². The van der Waals surface area contributed by atoms with Crippen LogP contribution in [-0.4, -0.2) is 55.7 Å². The number of esters is 1. The maximum absolute atomic E-state index is 11.6. The van der Waals surface area contributed by atoms with E-state index in [2.05, 4.69) is 28.8 Å². The van der Waals surface area contributed by atoms with Gasteiger partial charge in [0.1, 0.15) is 0 Å². The second kappa shape index (κ2) is 5.44. The summed E-state index contributed by atoms with van der Waals surface area (Å²) in [6.07, 6.45) is 1.60. The molecular formula is C13H20N4O2. The van der Waals surface area contributed by atoms with Gasteiger partial charge in [0, 0.05) is 31.9 Å². The largest absolute Gasteiger partial charge is 0.465 e. The molecule has 1 aliphatic rings. The number of carbonyl (C=O) groups excluding carboxylic acids is 1. The number of methoxy groups -OCH3 is 1. The number of nitrogens with zero attached hydrogens (tertiary/aromatic N) is 3. The summed E-state index contributed by atoms with van der Waals surface area (Å²) >= 11 is 0. The second-order valence-corrected chi connectivity index (χ2v) is 4.89. The van der Waals surface area contributed by atoms with Crippen molar-refractivity contribution in [2.45, 2.75) is 13.0 Å². The average molecular weight is 264 g/mol. The Morgan fingerprint density at radius 3 is 2.89 bits per heavy atom. The third kappa shape index (κ3) is 2.63. The van der Waals surface area contributed by atoms with E-state index in [1.807, 2.05) is 0 Å². The maximum atomic E-state index is 11.6. The predicted molar refractivity (Wildman–Crippen MR) is 74.3 cm³/mol. The quantitative estimate of drug-likeness (QED) is 0.788. The average Bonchev–Trinajstić information content (AvgIpc) is 2.39. The molecule has 0 spiro atoms. The number of carbonyl (C=O) groups is 1. The molecule has 0 saturated carbocycles. The normalized spacial score (nSPS) is 20.4. The molecule has 2 rings (SSSR count). The van der Waals surface area contributed by atoms with E-state index < -0.39 is 5.97 Å². The van der Waals surface area contributed by atoms with Crippen LogP contribution in [-0.2, 0) is 4.74 Å². The Labute approximate surface area is 113 Å². The molecule has 1 aromatic rings. The number of aromatic nitrogens is 1. The molecule has 6 nitrogen and oxygen atoms in total. The molecule has 1 saturated heterocycles. The van der Waals surface area contributed by atoms with Crippen LogP contribution in [0.15, 0.2) is 12.3 Å². The van der Waals surface area contributed by atoms with Crippen molar-refractivity contribution < 1.29 is 9.53 Å². The molecule has 1 fully saturated rings. The molecule has 19 heavy (non-hydrogen) atoms. The minimum Gasteiger partial charge on any atom is -0.465 e. The zero-order chi connectivity index (χ0) is 14.0. The van der Waals surface area contributed by atoms with E-state index in [9.17, 15) is 4.79 Å². The lowest BCUT2D eigenvalue weighted by molar-refractivity contribution is 0.0602. The molecule has 2 N–H and O–H groups in total. The Kier molecular flexibility index (Phi) is 3.90. The van der Waals surface area contributed by atoms with Gasteiger partial charge < -0.3 is 20.3 Å². The first kappa shape index (κ1) is 13.6. The Bertz CT molecular complexity index is 478. The number of nitrogens with two attached hydrogens (primary N) is 1. The fraction of sp³-hybridized carbons (Fsp3) is 0.538. The van der Waals surface area contributed by atoms with Gasteiger partial charge in [-0.3, -0.25) is 0 Å². The van der Waals surface area contributed by atoms with Crippen LogP contribution in [0.4, 0.5) is 11.5 Å². The molecule has 2 heterocycles. The molecule has 1 unspecified atom stereocenters. The van der Waals surface area contributed by atoms with Crippen LogP contribution < -0.4 is 10.6 Å². The summed E-state index contributed by atoms with van der Waals surface area (Å²) in [7, 11) is 3.44. The second-order valence-electron chi connectivity index (χ2n) is 4.89. The zero-order valence-electron chi connectivity index (χ0n) is 11.6. The summed E-state index contributed by atoms with van der Waals surface area (Å²) in [5.41, 5.74) is 6.84. The third-order valence-electron chi connectivity index (χ3n) is 3.48. The molecule has 104 valence electrons. The van der Waals surface area contributed by atoms with Crippen molar-refractivity contribution in [1.29, 1.82) is 0 Å². The Morgan fingerprint density at radius 1 is 1.53 bits per heavy atom. The van der Waals surface area contributed by atoms with Gasteiger partial charge >= 0.3 is 5.97 Å². The van der Waals surface area contributed by atoms with Crippen LogP contribution in [0.5, 0.6) is 0 Å². The predicted octanol–water partition coefficient (Wildman–Crippen LogP) is 0.591. The van der Waals surface area contributed by atoms with Crippen molar-refractivity contribution >= 4 is 17.5 Å². The van der Waals surface area contributed by atoms with E-state index >= 15 is 0 Å². The number of nitrogen functional groups attached to an aromatic ring is 1. The summed E-state index contributed by atoms with van der Waals surface area (Å²) in [5.74, 6) is 0.242. The standard InChI is InChI=1S/C13H20N4O2/c1-9-8-16(2)6-7-17(9)12-11(14)10(4-5-15-12)13(18)19-3/h4-5,9H,6-8,14H2,1-3H3. The summed E-state index contributed by atoms with van der Waals surface area (Å²) in [6.45, 7) is 4.87. The van der Waals surface area contributed by atoms with Crippen LogP contribution in [0.2, 0.25) is 0 Å². The van der Waals surface area contributed by atoms with Gasteiger partial charge in [-0.25, -0.2) is 9.78 Å². The summed E-state index contributed by atoms with van der Waals surface area (Å²) in [6, 6.07) is 1.90. The monoisotopic (exact) mass is 264 g/mol. The number of anilines is 2. The highest BCUT2D eigenvalue weighted by molar-refractivity contribution is 5.97. The van der Waals surface area contributed by atoms with Crippen LogP contribution in [0.1, 0.15) is 17.3 Å². The number of hydrogen-bond acceptors (Lipinski definition) is 6. The Morgan fingerprint density at radius 2 is 2.26 bits per heavy atom. The lowest BCUT2D eigenvalue weighted by Gasteiger charge is -2.39. The van der Waals surface area contributed by atoms with E-state index in [0.29, 0.717) is 23.1 Å². The SMILES string of the molecule is COC(=O)c1ccnc(N2CCN(C)CC2C)c1N. The van der Waals surface area contributed by atoms with E-state index in [1.54, 1.807) is 12.3 Å². The molecular weight excluding hydrogens is 244 g/mol. The van der Waals surface area contributed by atoms with Gasteiger partial charge in [-0.1, -0.05) is 0 Å². The lowest BCUT2D eigenvalue weighted by atomic mass is 10.1. The lowest BCUT2D eigenvalue weighted by Crippen LogP contribution is -2.51. The maximum Gasteiger partial charge on any atom is 0.340 e. The van der Waals surface area contributed by atoms with Crippen molar-refractivity contribution in [3.63, 3.8) is 0 Å².